The summed E-state index contributed by atoms with van der Waals surface area (Å²) in [5.41, 5.74) is 2.32. The van der Waals surface area contributed by atoms with Crippen LogP contribution in [0.25, 0.3) is 0 Å². The zero-order valence-electron chi connectivity index (χ0n) is 15.2. The summed E-state index contributed by atoms with van der Waals surface area (Å²) in [6.07, 6.45) is 0.493. The highest BCUT2D eigenvalue weighted by atomic mass is 16.6. The Morgan fingerprint density at radius 2 is 1.81 bits per heavy atom. The van der Waals surface area contributed by atoms with E-state index >= 15 is 0 Å². The van der Waals surface area contributed by atoms with Crippen molar-refractivity contribution in [2.45, 2.75) is 19.4 Å². The number of methoxy groups -OCH3 is 2. The Bertz CT molecular complexity index is 908. The van der Waals surface area contributed by atoms with Crippen LogP contribution in [0.3, 0.4) is 0 Å². The molecule has 0 fully saturated rings. The van der Waals surface area contributed by atoms with Gasteiger partial charge in [-0.2, -0.15) is 5.10 Å². The number of carbonyl (C=O) groups excluding carboxylic acids is 1. The highest BCUT2D eigenvalue weighted by Crippen LogP contribution is 2.37. The number of hydrogen-bond donors (Lipinski definition) is 0. The van der Waals surface area contributed by atoms with Gasteiger partial charge < -0.3 is 9.47 Å². The average Bonchev–Trinajstić information content (AvgIpc) is 3.13. The van der Waals surface area contributed by atoms with Crippen molar-refractivity contribution in [1.29, 1.82) is 0 Å². The van der Waals surface area contributed by atoms with Gasteiger partial charge in [-0.1, -0.05) is 6.07 Å². The molecule has 1 atom stereocenters. The molecular weight excluding hydrogens is 350 g/mol. The van der Waals surface area contributed by atoms with Crippen molar-refractivity contribution in [3.05, 3.63) is 63.7 Å². The molecule has 8 nitrogen and oxygen atoms in total. The molecule has 3 rings (SSSR count). The van der Waals surface area contributed by atoms with Gasteiger partial charge in [0.05, 0.1) is 30.9 Å². The standard InChI is InChI=1S/C19H19N3O5/c1-12(23)21-17(14-6-9-18(26-2)19(10-14)27-3)11-16(20-21)13-4-7-15(8-5-13)22(24)25/h4-10,17H,11H2,1-3H3/t17-/m0/s1. The van der Waals surface area contributed by atoms with Crippen LogP contribution in [0, 0.1) is 10.1 Å². The second kappa shape index (κ2) is 7.45. The number of nitrogens with zero attached hydrogens (tertiary/aromatic N) is 3. The Kier molecular flexibility index (Phi) is 5.07. The van der Waals surface area contributed by atoms with E-state index in [1.165, 1.54) is 24.1 Å². The van der Waals surface area contributed by atoms with Crippen molar-refractivity contribution in [3.63, 3.8) is 0 Å². The lowest BCUT2D eigenvalue weighted by atomic mass is 9.98. The zero-order chi connectivity index (χ0) is 19.6. The summed E-state index contributed by atoms with van der Waals surface area (Å²) in [5.74, 6) is 0.985. The number of hydrogen-bond acceptors (Lipinski definition) is 6. The third kappa shape index (κ3) is 3.59. The summed E-state index contributed by atoms with van der Waals surface area (Å²) in [7, 11) is 3.11. The van der Waals surface area contributed by atoms with Crippen molar-refractivity contribution < 1.29 is 19.2 Å². The van der Waals surface area contributed by atoms with Gasteiger partial charge in [-0.3, -0.25) is 14.9 Å². The van der Waals surface area contributed by atoms with Gasteiger partial charge >= 0.3 is 0 Å². The molecule has 0 radical (unpaired) electrons. The average molecular weight is 369 g/mol. The van der Waals surface area contributed by atoms with Gasteiger partial charge in [-0.05, 0) is 35.4 Å². The van der Waals surface area contributed by atoms with Crippen LogP contribution in [0.1, 0.15) is 30.5 Å². The fraction of sp³-hybridized carbons (Fsp3) is 0.263. The molecule has 0 unspecified atom stereocenters. The first-order valence-corrected chi connectivity index (χ1v) is 8.28. The molecule has 0 spiro atoms. The first-order valence-electron chi connectivity index (χ1n) is 8.28. The fourth-order valence-electron chi connectivity index (χ4n) is 3.07. The molecule has 0 saturated carbocycles. The molecule has 1 amide bonds. The summed E-state index contributed by atoms with van der Waals surface area (Å²) in [4.78, 5) is 22.5. The Balaban J connectivity index is 1.92. The van der Waals surface area contributed by atoms with Gasteiger partial charge in [0.15, 0.2) is 11.5 Å². The van der Waals surface area contributed by atoms with Crippen LogP contribution in [-0.4, -0.2) is 35.8 Å². The number of hydrazone groups is 1. The topological polar surface area (TPSA) is 94.3 Å². The van der Waals surface area contributed by atoms with Crippen LogP contribution >= 0.6 is 0 Å². The number of rotatable bonds is 5. The fourth-order valence-corrected chi connectivity index (χ4v) is 3.07. The van der Waals surface area contributed by atoms with Crippen molar-refractivity contribution in [3.8, 4) is 11.5 Å². The number of amides is 1. The second-order valence-electron chi connectivity index (χ2n) is 6.05. The molecule has 0 aliphatic carbocycles. The maximum Gasteiger partial charge on any atom is 0.269 e. The molecule has 0 N–H and O–H groups in total. The SMILES string of the molecule is COc1ccc([C@@H]2CC(c3ccc([N+](=O)[O-])cc3)=NN2C(C)=O)cc1OC. The van der Waals surface area contributed by atoms with Gasteiger partial charge in [0, 0.05) is 25.5 Å². The smallest absolute Gasteiger partial charge is 0.269 e. The van der Waals surface area contributed by atoms with Crippen LogP contribution in [0.15, 0.2) is 47.6 Å². The molecule has 0 saturated heterocycles. The van der Waals surface area contributed by atoms with E-state index in [2.05, 4.69) is 5.10 Å². The number of nitro groups is 1. The minimum Gasteiger partial charge on any atom is -0.493 e. The summed E-state index contributed by atoms with van der Waals surface area (Å²) in [6.45, 7) is 1.45. The summed E-state index contributed by atoms with van der Waals surface area (Å²) >= 11 is 0. The predicted molar refractivity (Wildman–Crippen MR) is 99.1 cm³/mol. The Hall–Kier alpha value is -3.42. The van der Waals surface area contributed by atoms with E-state index in [0.717, 1.165) is 11.1 Å². The summed E-state index contributed by atoms with van der Waals surface area (Å²) < 4.78 is 10.6. The predicted octanol–water partition coefficient (Wildman–Crippen LogP) is 3.31. The van der Waals surface area contributed by atoms with Gasteiger partial charge in [0.2, 0.25) is 5.91 Å². The van der Waals surface area contributed by atoms with Crippen LogP contribution in [0.5, 0.6) is 11.5 Å². The first-order chi connectivity index (χ1) is 12.9. The highest BCUT2D eigenvalue weighted by molar-refractivity contribution is 6.03. The molecule has 0 aromatic heterocycles. The van der Waals surface area contributed by atoms with Gasteiger partial charge in [0.25, 0.3) is 5.69 Å². The van der Waals surface area contributed by atoms with Crippen molar-refractivity contribution in [2.24, 2.45) is 5.10 Å². The lowest BCUT2D eigenvalue weighted by molar-refractivity contribution is -0.384. The molecule has 1 heterocycles. The van der Waals surface area contributed by atoms with E-state index in [-0.39, 0.29) is 17.6 Å². The van der Waals surface area contributed by atoms with Crippen molar-refractivity contribution >= 4 is 17.3 Å². The Morgan fingerprint density at radius 3 is 2.37 bits per heavy atom. The summed E-state index contributed by atoms with van der Waals surface area (Å²) in [5, 5.41) is 16.7. The molecule has 140 valence electrons. The van der Waals surface area contributed by atoms with E-state index in [1.807, 2.05) is 12.1 Å². The minimum absolute atomic E-state index is 0.0113. The Morgan fingerprint density at radius 1 is 1.15 bits per heavy atom. The molecule has 2 aromatic carbocycles. The third-order valence-corrected chi connectivity index (χ3v) is 4.44. The Labute approximate surface area is 156 Å². The largest absolute Gasteiger partial charge is 0.493 e. The van der Waals surface area contributed by atoms with E-state index in [9.17, 15) is 14.9 Å². The summed E-state index contributed by atoms with van der Waals surface area (Å²) in [6, 6.07) is 11.4. The van der Waals surface area contributed by atoms with Crippen molar-refractivity contribution in [2.75, 3.05) is 14.2 Å². The molecule has 1 aliphatic heterocycles. The maximum atomic E-state index is 12.1. The molecule has 8 heteroatoms. The molecule has 1 aliphatic rings. The molecular formula is C19H19N3O5. The van der Waals surface area contributed by atoms with E-state index in [1.54, 1.807) is 32.4 Å². The number of nitro benzene ring substituents is 1. The quantitative estimate of drug-likeness (QED) is 0.595. The molecule has 2 aromatic rings. The van der Waals surface area contributed by atoms with Gasteiger partial charge in [-0.25, -0.2) is 5.01 Å². The van der Waals surface area contributed by atoms with Crippen LogP contribution < -0.4 is 9.47 Å². The van der Waals surface area contributed by atoms with Crippen molar-refractivity contribution in [1.82, 2.24) is 5.01 Å². The van der Waals surface area contributed by atoms with Crippen LogP contribution in [-0.2, 0) is 4.79 Å². The van der Waals surface area contributed by atoms with E-state index in [4.69, 9.17) is 9.47 Å². The lowest BCUT2D eigenvalue weighted by Crippen LogP contribution is -2.24. The van der Waals surface area contributed by atoms with E-state index < -0.39 is 4.92 Å². The van der Waals surface area contributed by atoms with Crippen LogP contribution in [0.4, 0.5) is 5.69 Å². The maximum absolute atomic E-state index is 12.1. The number of non-ortho nitro benzene ring substituents is 1. The normalized spacial score (nSPS) is 16.0. The monoisotopic (exact) mass is 369 g/mol. The second-order valence-corrected chi connectivity index (χ2v) is 6.05. The number of ether oxygens (including phenoxy) is 2. The van der Waals surface area contributed by atoms with E-state index in [0.29, 0.717) is 23.6 Å². The molecule has 0 bridgehead atoms. The van der Waals surface area contributed by atoms with Gasteiger partial charge in [0.1, 0.15) is 0 Å². The highest BCUT2D eigenvalue weighted by Gasteiger charge is 2.32. The van der Waals surface area contributed by atoms with Gasteiger partial charge in [-0.15, -0.1) is 0 Å². The lowest BCUT2D eigenvalue weighted by Gasteiger charge is -2.21. The zero-order valence-corrected chi connectivity index (χ0v) is 15.2. The number of benzene rings is 2. The minimum atomic E-state index is -0.450. The molecule has 27 heavy (non-hydrogen) atoms. The first kappa shape index (κ1) is 18.4. The third-order valence-electron chi connectivity index (χ3n) is 4.44. The number of carbonyl (C=O) groups is 1. The van der Waals surface area contributed by atoms with Crippen LogP contribution in [0.2, 0.25) is 0 Å².